The third-order valence-electron chi connectivity index (χ3n) is 8.66. The lowest BCUT2D eigenvalue weighted by Crippen LogP contribution is -2.57. The van der Waals surface area contributed by atoms with Crippen molar-refractivity contribution in [3.63, 3.8) is 0 Å². The van der Waals surface area contributed by atoms with Gasteiger partial charge in [-0.05, 0) is 50.0 Å². The van der Waals surface area contributed by atoms with Gasteiger partial charge in [0.15, 0.2) is 0 Å². The zero-order valence-electron chi connectivity index (χ0n) is 18.4. The summed E-state index contributed by atoms with van der Waals surface area (Å²) in [5.74, 6) is 3.17. The first kappa shape index (κ1) is 19.2. The maximum Gasteiger partial charge on any atom is 0.226 e. The Bertz CT molecular complexity index is 1000. The van der Waals surface area contributed by atoms with E-state index < -0.39 is 0 Å². The summed E-state index contributed by atoms with van der Waals surface area (Å²) in [5.41, 5.74) is 8.80. The molecule has 8 heteroatoms. The van der Waals surface area contributed by atoms with Crippen molar-refractivity contribution in [2.45, 2.75) is 62.6 Å². The van der Waals surface area contributed by atoms with E-state index in [1.807, 2.05) is 0 Å². The van der Waals surface area contributed by atoms with Crippen LogP contribution in [-0.2, 0) is 4.74 Å². The normalized spacial score (nSPS) is 34.2. The summed E-state index contributed by atoms with van der Waals surface area (Å²) < 4.78 is 5.52. The van der Waals surface area contributed by atoms with Gasteiger partial charge in [-0.2, -0.15) is 0 Å². The number of ether oxygens (including phenoxy) is 1. The van der Waals surface area contributed by atoms with E-state index in [1.54, 1.807) is 12.4 Å². The van der Waals surface area contributed by atoms with Crippen molar-refractivity contribution in [2.75, 3.05) is 36.9 Å². The molecular weight excluding hydrogens is 402 g/mol. The molecule has 2 N–H and O–H groups in total. The number of nitrogens with zero attached hydrogens (tertiary/aromatic N) is 6. The van der Waals surface area contributed by atoms with Crippen molar-refractivity contribution in [3.05, 3.63) is 24.2 Å². The number of nitrogen functional groups attached to an aromatic ring is 1. The van der Waals surface area contributed by atoms with Crippen molar-refractivity contribution in [3.8, 4) is 11.3 Å². The third kappa shape index (κ3) is 3.10. The molecule has 9 rings (SSSR count). The number of hydrogen-bond acceptors (Lipinski definition) is 8. The first-order valence-electron chi connectivity index (χ1n) is 12.3. The summed E-state index contributed by atoms with van der Waals surface area (Å²) in [6.07, 6.45) is 11.3. The lowest BCUT2D eigenvalue weighted by Gasteiger charge is -2.48. The van der Waals surface area contributed by atoms with E-state index in [2.05, 4.69) is 25.8 Å². The smallest absolute Gasteiger partial charge is 0.226 e. The highest BCUT2D eigenvalue weighted by molar-refractivity contribution is 5.60. The summed E-state index contributed by atoms with van der Waals surface area (Å²) in [6.45, 7) is 4.09. The second-order valence-electron chi connectivity index (χ2n) is 10.5. The third-order valence-corrected chi connectivity index (χ3v) is 8.66. The van der Waals surface area contributed by atoms with E-state index in [1.165, 1.54) is 50.8 Å². The summed E-state index contributed by atoms with van der Waals surface area (Å²) in [6, 6.07) is 4.10. The lowest BCUT2D eigenvalue weighted by molar-refractivity contribution is -0.0941. The average Bonchev–Trinajstić information content (AvgIpc) is 3.23. The van der Waals surface area contributed by atoms with Crippen molar-refractivity contribution in [1.82, 2.24) is 24.8 Å². The molecule has 0 amide bonds. The molecule has 2 saturated carbocycles. The van der Waals surface area contributed by atoms with E-state index in [-0.39, 0.29) is 0 Å². The SMILES string of the molecule is Nc1ncc(-c2cc(C3CC4CCCC3CN4C3COC3)nc(N3CC4CC3C4)n2)cn1. The molecule has 32 heavy (non-hydrogen) atoms. The van der Waals surface area contributed by atoms with Gasteiger partial charge in [-0.1, -0.05) is 6.42 Å². The molecule has 7 heterocycles. The minimum atomic E-state index is 0.296. The van der Waals surface area contributed by atoms with Crippen molar-refractivity contribution < 1.29 is 4.74 Å². The standard InChI is InChI=1S/C24H31N7O/c25-23-26-8-16(9-27-23)21-7-22(29-24(28-21)31-10-14-4-18(31)5-14)20-6-17-3-1-2-15(20)11-30(17)19-12-32-13-19/h7-9,14-15,17-20H,1-6,10-13H2,(H2,25,26,27). The predicted molar refractivity (Wildman–Crippen MR) is 121 cm³/mol. The molecule has 5 saturated heterocycles. The Morgan fingerprint density at radius 2 is 1.78 bits per heavy atom. The van der Waals surface area contributed by atoms with Gasteiger partial charge in [0, 0.05) is 49.0 Å². The lowest BCUT2D eigenvalue weighted by atomic mass is 9.79. The summed E-state index contributed by atoms with van der Waals surface area (Å²) in [4.78, 5) is 23.9. The summed E-state index contributed by atoms with van der Waals surface area (Å²) in [7, 11) is 0. The second-order valence-corrected chi connectivity index (χ2v) is 10.5. The highest BCUT2D eigenvalue weighted by atomic mass is 16.5. The maximum atomic E-state index is 5.74. The number of hydrogen-bond donors (Lipinski definition) is 1. The number of nitrogens with two attached hydrogens (primary N) is 1. The van der Waals surface area contributed by atoms with Gasteiger partial charge in [0.2, 0.25) is 11.9 Å². The van der Waals surface area contributed by atoms with E-state index >= 15 is 0 Å². The zero-order valence-corrected chi connectivity index (χ0v) is 18.4. The molecule has 8 nitrogen and oxygen atoms in total. The highest BCUT2D eigenvalue weighted by Crippen LogP contribution is 2.46. The molecule has 0 aromatic carbocycles. The minimum Gasteiger partial charge on any atom is -0.378 e. The van der Waals surface area contributed by atoms with Gasteiger partial charge < -0.3 is 15.4 Å². The summed E-state index contributed by atoms with van der Waals surface area (Å²) in [5, 5.41) is 0. The Balaban J connectivity index is 1.26. The molecule has 3 unspecified atom stereocenters. The molecular formula is C24H31N7O. The van der Waals surface area contributed by atoms with Crippen molar-refractivity contribution >= 4 is 11.9 Å². The first-order chi connectivity index (χ1) is 15.7. The van der Waals surface area contributed by atoms with Crippen LogP contribution in [0.5, 0.6) is 0 Å². The van der Waals surface area contributed by atoms with Crippen molar-refractivity contribution in [2.24, 2.45) is 11.8 Å². The number of piperidine rings is 1. The van der Waals surface area contributed by atoms with Gasteiger partial charge in [0.05, 0.1) is 30.6 Å². The Morgan fingerprint density at radius 3 is 2.50 bits per heavy atom. The fourth-order valence-electron chi connectivity index (χ4n) is 6.75. The largest absolute Gasteiger partial charge is 0.378 e. The predicted octanol–water partition coefficient (Wildman–Crippen LogP) is 2.47. The van der Waals surface area contributed by atoms with Gasteiger partial charge in [-0.15, -0.1) is 0 Å². The molecule has 2 aliphatic carbocycles. The number of rotatable bonds is 4. The maximum absolute atomic E-state index is 5.74. The molecule has 2 aromatic rings. The van der Waals surface area contributed by atoms with Crippen LogP contribution in [0.4, 0.5) is 11.9 Å². The van der Waals surface area contributed by atoms with Crippen LogP contribution in [0.25, 0.3) is 11.3 Å². The number of anilines is 2. The fourth-order valence-corrected chi connectivity index (χ4v) is 6.75. The molecule has 5 aliphatic heterocycles. The minimum absolute atomic E-state index is 0.296. The monoisotopic (exact) mass is 433 g/mol. The van der Waals surface area contributed by atoms with Crippen LogP contribution in [0.3, 0.4) is 0 Å². The molecule has 0 radical (unpaired) electrons. The molecule has 4 bridgehead atoms. The molecule has 7 fully saturated rings. The number of aromatic nitrogens is 4. The van der Waals surface area contributed by atoms with Crippen molar-refractivity contribution in [1.29, 1.82) is 0 Å². The van der Waals surface area contributed by atoms with E-state index in [9.17, 15) is 0 Å². The van der Waals surface area contributed by atoms with E-state index in [0.29, 0.717) is 35.9 Å². The van der Waals surface area contributed by atoms with Crippen LogP contribution < -0.4 is 10.6 Å². The quantitative estimate of drug-likeness (QED) is 0.786. The first-order valence-corrected chi connectivity index (χ1v) is 12.3. The Labute approximate surface area is 188 Å². The van der Waals surface area contributed by atoms with Crippen LogP contribution in [0.2, 0.25) is 0 Å². The van der Waals surface area contributed by atoms with Gasteiger partial charge in [-0.3, -0.25) is 4.90 Å². The van der Waals surface area contributed by atoms with Crippen LogP contribution >= 0.6 is 0 Å². The van der Waals surface area contributed by atoms with Crippen LogP contribution in [0.1, 0.15) is 50.1 Å². The molecule has 0 spiro atoms. The van der Waals surface area contributed by atoms with Gasteiger partial charge >= 0.3 is 0 Å². The molecule has 3 atom stereocenters. The van der Waals surface area contributed by atoms with Gasteiger partial charge in [0.25, 0.3) is 0 Å². The fraction of sp³-hybridized carbons (Fsp3) is 0.667. The Morgan fingerprint density at radius 1 is 0.938 bits per heavy atom. The van der Waals surface area contributed by atoms with E-state index in [4.69, 9.17) is 20.4 Å². The topological polar surface area (TPSA) is 93.3 Å². The van der Waals surface area contributed by atoms with Gasteiger partial charge in [-0.25, -0.2) is 19.9 Å². The zero-order chi connectivity index (χ0) is 21.2. The highest BCUT2D eigenvalue weighted by Gasteiger charge is 2.46. The van der Waals surface area contributed by atoms with Gasteiger partial charge in [0.1, 0.15) is 0 Å². The molecule has 2 aromatic heterocycles. The van der Waals surface area contributed by atoms with Crippen LogP contribution in [0.15, 0.2) is 18.5 Å². The number of fused-ring (bicyclic) bond motifs is 5. The molecule has 168 valence electrons. The molecule has 7 aliphatic rings. The van der Waals surface area contributed by atoms with Crippen LogP contribution in [-0.4, -0.2) is 69.3 Å². The Hall–Kier alpha value is -2.32. The average molecular weight is 434 g/mol. The van der Waals surface area contributed by atoms with E-state index in [0.717, 1.165) is 42.9 Å². The summed E-state index contributed by atoms with van der Waals surface area (Å²) >= 11 is 0. The second kappa shape index (κ2) is 7.35. The Kier molecular flexibility index (Phi) is 4.40. The van der Waals surface area contributed by atoms with Crippen LogP contribution in [0, 0.1) is 11.8 Å².